The van der Waals surface area contributed by atoms with Crippen LogP contribution in [0.2, 0.25) is 0 Å². The van der Waals surface area contributed by atoms with Crippen LogP contribution in [0.1, 0.15) is 17.6 Å². The minimum absolute atomic E-state index is 0.0433. The van der Waals surface area contributed by atoms with E-state index in [0.29, 0.717) is 0 Å². The molecule has 0 spiro atoms. The van der Waals surface area contributed by atoms with Gasteiger partial charge in [0.05, 0.1) is 0 Å². The van der Waals surface area contributed by atoms with Gasteiger partial charge in [-0.05, 0) is 5.56 Å². The van der Waals surface area contributed by atoms with E-state index in [-0.39, 0.29) is 11.4 Å². The average molecular weight is 257 g/mol. The second kappa shape index (κ2) is 4.38. The third-order valence-electron chi connectivity index (χ3n) is 1.70. The highest BCUT2D eigenvalue weighted by Gasteiger charge is 2.23. The van der Waals surface area contributed by atoms with Crippen LogP contribution in [0.15, 0.2) is 17.3 Å². The molecule has 84 valence electrons. The van der Waals surface area contributed by atoms with E-state index in [2.05, 4.69) is 4.98 Å². The number of halogens is 3. The summed E-state index contributed by atoms with van der Waals surface area (Å²) in [7, 11) is -4.21. The van der Waals surface area contributed by atoms with Crippen LogP contribution in [0.4, 0.5) is 8.78 Å². The van der Waals surface area contributed by atoms with E-state index in [4.69, 9.17) is 16.7 Å². The largest absolute Gasteiger partial charge is 0.265 e. The van der Waals surface area contributed by atoms with Gasteiger partial charge in [0.1, 0.15) is 4.90 Å². The Kier molecular flexibility index (Phi) is 3.58. The van der Waals surface area contributed by atoms with Crippen molar-refractivity contribution in [3.63, 3.8) is 0 Å². The van der Waals surface area contributed by atoms with Crippen LogP contribution in [0, 0.1) is 0 Å². The van der Waals surface area contributed by atoms with Crippen molar-refractivity contribution < 1.29 is 17.2 Å². The van der Waals surface area contributed by atoms with Crippen LogP contribution in [0.25, 0.3) is 0 Å². The molecule has 1 aromatic heterocycles. The highest BCUT2D eigenvalue weighted by atomic mass is 35.5. The minimum atomic E-state index is -4.21. The van der Waals surface area contributed by atoms with Gasteiger partial charge in [0.2, 0.25) is 10.0 Å². The smallest absolute Gasteiger partial charge is 0.263 e. The van der Waals surface area contributed by atoms with Crippen molar-refractivity contribution in [2.75, 3.05) is 0 Å². The normalized spacial score (nSPS) is 12.1. The average Bonchev–Trinajstić information content (AvgIpc) is 2.15. The van der Waals surface area contributed by atoms with Crippen molar-refractivity contribution in [1.82, 2.24) is 4.98 Å². The lowest BCUT2D eigenvalue weighted by atomic mass is 10.2. The molecule has 4 nitrogen and oxygen atoms in total. The molecule has 15 heavy (non-hydrogen) atoms. The van der Waals surface area contributed by atoms with Gasteiger partial charge >= 0.3 is 0 Å². The monoisotopic (exact) mass is 256 g/mol. The summed E-state index contributed by atoms with van der Waals surface area (Å²) in [6.45, 7) is 0. The maximum absolute atomic E-state index is 12.6. The number of nitrogens with two attached hydrogens (primary N) is 1. The Labute approximate surface area is 90.1 Å². The Hall–Kier alpha value is -0.790. The molecular formula is C7H7ClF2N2O2S. The summed E-state index contributed by atoms with van der Waals surface area (Å²) < 4.78 is 47.2. The predicted molar refractivity (Wildman–Crippen MR) is 50.1 cm³/mol. The molecule has 1 aromatic rings. The molecule has 0 saturated heterocycles. The number of hydrogen-bond donors (Lipinski definition) is 1. The molecule has 0 aliphatic heterocycles. The van der Waals surface area contributed by atoms with Crippen LogP contribution in [-0.2, 0) is 15.9 Å². The molecular weight excluding hydrogens is 250 g/mol. The van der Waals surface area contributed by atoms with Crippen molar-refractivity contribution in [1.29, 1.82) is 0 Å². The number of rotatable bonds is 3. The van der Waals surface area contributed by atoms with E-state index in [1.165, 1.54) is 0 Å². The van der Waals surface area contributed by atoms with E-state index >= 15 is 0 Å². The summed E-state index contributed by atoms with van der Waals surface area (Å²) in [4.78, 5) is 2.80. The predicted octanol–water partition coefficient (Wildman–Crippen LogP) is 1.41. The number of aromatic nitrogens is 1. The Bertz CT molecular complexity index is 464. The fraction of sp³-hybridized carbons (Fsp3) is 0.286. The van der Waals surface area contributed by atoms with Crippen LogP contribution in [0.3, 0.4) is 0 Å². The lowest BCUT2D eigenvalue weighted by Crippen LogP contribution is -2.16. The standard InChI is InChI=1S/C7H7ClF2N2O2S/c8-1-4-2-12-3-5(15(11,13)14)6(4)7(9)10/h2-3,7H,1H2,(H2,11,13,14). The quantitative estimate of drug-likeness (QED) is 0.831. The topological polar surface area (TPSA) is 73.1 Å². The van der Waals surface area contributed by atoms with Gasteiger partial charge in [-0.25, -0.2) is 22.3 Å². The molecule has 0 fully saturated rings. The number of hydrogen-bond acceptors (Lipinski definition) is 3. The third kappa shape index (κ3) is 2.61. The molecule has 2 N–H and O–H groups in total. The molecule has 0 bridgehead atoms. The van der Waals surface area contributed by atoms with Gasteiger partial charge in [-0.2, -0.15) is 0 Å². The zero-order valence-corrected chi connectivity index (χ0v) is 8.89. The first-order valence-electron chi connectivity index (χ1n) is 3.71. The van der Waals surface area contributed by atoms with Gasteiger partial charge in [-0.1, -0.05) is 0 Å². The molecule has 8 heteroatoms. The van der Waals surface area contributed by atoms with Crippen molar-refractivity contribution in [2.45, 2.75) is 17.2 Å². The number of alkyl halides is 3. The first kappa shape index (κ1) is 12.3. The van der Waals surface area contributed by atoms with Gasteiger partial charge in [0.15, 0.2) is 0 Å². The SMILES string of the molecule is NS(=O)(=O)c1cncc(CCl)c1C(F)F. The number of sulfonamides is 1. The molecule has 0 aliphatic rings. The summed E-state index contributed by atoms with van der Waals surface area (Å²) in [6.07, 6.45) is -1.09. The van der Waals surface area contributed by atoms with Crippen LogP contribution < -0.4 is 5.14 Å². The van der Waals surface area contributed by atoms with Gasteiger partial charge in [-0.15, -0.1) is 11.6 Å². The first-order chi connectivity index (χ1) is 6.88. The van der Waals surface area contributed by atoms with Gasteiger partial charge in [0, 0.05) is 23.8 Å². The maximum atomic E-state index is 12.6. The lowest BCUT2D eigenvalue weighted by Gasteiger charge is -2.09. The molecule has 0 amide bonds. The van der Waals surface area contributed by atoms with Crippen LogP contribution in [-0.4, -0.2) is 13.4 Å². The molecule has 0 saturated carbocycles. The van der Waals surface area contributed by atoms with Crippen molar-refractivity contribution in [3.8, 4) is 0 Å². The highest BCUT2D eigenvalue weighted by molar-refractivity contribution is 7.89. The van der Waals surface area contributed by atoms with E-state index in [0.717, 1.165) is 12.4 Å². The highest BCUT2D eigenvalue weighted by Crippen LogP contribution is 2.29. The zero-order valence-electron chi connectivity index (χ0n) is 7.32. The van der Waals surface area contributed by atoms with E-state index < -0.39 is 26.9 Å². The van der Waals surface area contributed by atoms with Gasteiger partial charge in [-0.3, -0.25) is 4.98 Å². The second-order valence-electron chi connectivity index (χ2n) is 2.69. The third-order valence-corrected chi connectivity index (χ3v) is 2.93. The van der Waals surface area contributed by atoms with Crippen molar-refractivity contribution in [3.05, 3.63) is 23.5 Å². The molecule has 0 aromatic carbocycles. The lowest BCUT2D eigenvalue weighted by molar-refractivity contribution is 0.147. The van der Waals surface area contributed by atoms with Crippen molar-refractivity contribution >= 4 is 21.6 Å². The molecule has 1 heterocycles. The minimum Gasteiger partial charge on any atom is -0.263 e. The summed E-state index contributed by atoms with van der Waals surface area (Å²) in [5, 5.41) is 4.77. The number of nitrogens with zero attached hydrogens (tertiary/aromatic N) is 1. The Morgan fingerprint density at radius 3 is 2.47 bits per heavy atom. The molecule has 1 rings (SSSR count). The summed E-state index contributed by atoms with van der Waals surface area (Å²) in [5.41, 5.74) is -0.722. The number of primary sulfonamides is 1. The Morgan fingerprint density at radius 2 is 2.07 bits per heavy atom. The van der Waals surface area contributed by atoms with E-state index in [1.54, 1.807) is 0 Å². The summed E-state index contributed by atoms with van der Waals surface area (Å²) >= 11 is 5.39. The second-order valence-corrected chi connectivity index (χ2v) is 4.49. The van der Waals surface area contributed by atoms with Crippen molar-refractivity contribution in [2.24, 2.45) is 5.14 Å². The molecule has 0 atom stereocenters. The molecule has 0 aliphatic carbocycles. The van der Waals surface area contributed by atoms with Gasteiger partial charge < -0.3 is 0 Å². The fourth-order valence-electron chi connectivity index (χ4n) is 1.07. The number of pyridine rings is 1. The molecule has 0 radical (unpaired) electrons. The van der Waals surface area contributed by atoms with Gasteiger partial charge in [0.25, 0.3) is 6.43 Å². The Morgan fingerprint density at radius 1 is 1.47 bits per heavy atom. The maximum Gasteiger partial charge on any atom is 0.265 e. The van der Waals surface area contributed by atoms with Crippen LogP contribution in [0.5, 0.6) is 0 Å². The van der Waals surface area contributed by atoms with E-state index in [9.17, 15) is 17.2 Å². The summed E-state index contributed by atoms with van der Waals surface area (Å²) in [5.74, 6) is -0.254. The molecule has 0 unspecified atom stereocenters. The zero-order chi connectivity index (χ0) is 11.6. The summed E-state index contributed by atoms with van der Waals surface area (Å²) in [6, 6.07) is 0. The Balaban J connectivity index is 3.53. The van der Waals surface area contributed by atoms with E-state index in [1.807, 2.05) is 0 Å². The first-order valence-corrected chi connectivity index (χ1v) is 5.79. The van der Waals surface area contributed by atoms with Crippen LogP contribution >= 0.6 is 11.6 Å². The fourth-order valence-corrected chi connectivity index (χ4v) is 2.02.